The van der Waals surface area contributed by atoms with Crippen LogP contribution >= 0.6 is 0 Å². The standard InChI is InChI=1S/C25H42N4.C10H11N/c1-9-12-13-27-21(5)25(22(6)29-16-14-26-15-17-29)24(11-3)23(19-28(7)8)18-20(4)10-2;1-2-4-9-5-3-6-10(7-9)8-11/h11-13,18-19,26H,9-10,14-17H2,1-8H3;3,5-7H,2,4H2,1H3/b13-12+,20-18?,23-19+,24-11-,25-22-,27-21+;. The Bertz CT molecular complexity index is 1130. The molecule has 0 radical (unpaired) electrons. The van der Waals surface area contributed by atoms with Crippen LogP contribution in [0.1, 0.15) is 78.9 Å². The molecule has 0 aliphatic carbocycles. The first-order valence-electron chi connectivity index (χ1n) is 14.8. The molecule has 1 aromatic rings. The van der Waals surface area contributed by atoms with E-state index in [9.17, 15) is 0 Å². The van der Waals surface area contributed by atoms with Crippen LogP contribution in [0.25, 0.3) is 0 Å². The van der Waals surface area contributed by atoms with Crippen LogP contribution < -0.4 is 5.32 Å². The summed E-state index contributed by atoms with van der Waals surface area (Å²) >= 11 is 0. The lowest BCUT2D eigenvalue weighted by molar-refractivity contribution is 0.299. The molecule has 0 spiro atoms. The van der Waals surface area contributed by atoms with Crippen molar-refractivity contribution in [2.45, 2.75) is 74.1 Å². The average molecular weight is 544 g/mol. The van der Waals surface area contributed by atoms with Crippen molar-refractivity contribution in [1.82, 2.24) is 15.1 Å². The summed E-state index contributed by atoms with van der Waals surface area (Å²) in [7, 11) is 4.17. The molecule has 218 valence electrons. The maximum atomic E-state index is 8.58. The molecule has 0 amide bonds. The molecule has 0 unspecified atom stereocenters. The van der Waals surface area contributed by atoms with Gasteiger partial charge in [0, 0.05) is 69.7 Å². The first kappa shape index (κ1) is 34.7. The third-order valence-electron chi connectivity index (χ3n) is 6.74. The number of nitriles is 1. The molecule has 5 nitrogen and oxygen atoms in total. The van der Waals surface area contributed by atoms with Crippen LogP contribution in [-0.4, -0.2) is 55.8 Å². The van der Waals surface area contributed by atoms with Gasteiger partial charge in [-0.2, -0.15) is 5.26 Å². The van der Waals surface area contributed by atoms with Crippen molar-refractivity contribution in [3.05, 3.63) is 94.0 Å². The molecule has 1 fully saturated rings. The normalized spacial score (nSPS) is 15.8. The zero-order valence-electron chi connectivity index (χ0n) is 26.6. The molecule has 1 saturated heterocycles. The summed E-state index contributed by atoms with van der Waals surface area (Å²) in [6, 6.07) is 9.90. The molecular formula is C35H53N5. The fraction of sp³-hybridized carbons (Fsp3) is 0.486. The molecule has 1 aliphatic heterocycles. The Morgan fingerprint density at radius 2 is 1.82 bits per heavy atom. The predicted molar refractivity (Wildman–Crippen MR) is 174 cm³/mol. The largest absolute Gasteiger partial charge is 0.383 e. The number of nitrogens with zero attached hydrogens (tertiary/aromatic N) is 4. The Labute approximate surface area is 245 Å². The third-order valence-corrected chi connectivity index (χ3v) is 6.74. The van der Waals surface area contributed by atoms with Crippen molar-refractivity contribution in [3.63, 3.8) is 0 Å². The number of benzene rings is 1. The van der Waals surface area contributed by atoms with Gasteiger partial charge in [0.1, 0.15) is 0 Å². The molecule has 1 N–H and O–H groups in total. The maximum Gasteiger partial charge on any atom is 0.0991 e. The van der Waals surface area contributed by atoms with E-state index in [4.69, 9.17) is 10.3 Å². The van der Waals surface area contributed by atoms with E-state index in [-0.39, 0.29) is 0 Å². The number of hydrogen-bond donors (Lipinski definition) is 1. The van der Waals surface area contributed by atoms with Gasteiger partial charge in [0.05, 0.1) is 11.6 Å². The molecule has 1 aliphatic rings. The molecule has 0 saturated carbocycles. The number of rotatable bonds is 11. The quantitative estimate of drug-likeness (QED) is 0.228. The molecule has 0 bridgehead atoms. The molecule has 5 heteroatoms. The van der Waals surface area contributed by atoms with Crippen LogP contribution in [0.5, 0.6) is 0 Å². The molecule has 40 heavy (non-hydrogen) atoms. The summed E-state index contributed by atoms with van der Waals surface area (Å²) in [4.78, 5) is 9.41. The van der Waals surface area contributed by atoms with E-state index in [1.165, 1.54) is 33.6 Å². The molecule has 0 aromatic heterocycles. The highest BCUT2D eigenvalue weighted by Gasteiger charge is 2.20. The van der Waals surface area contributed by atoms with Crippen molar-refractivity contribution in [3.8, 4) is 6.07 Å². The van der Waals surface area contributed by atoms with Crippen molar-refractivity contribution in [2.24, 2.45) is 4.99 Å². The van der Waals surface area contributed by atoms with Crippen LogP contribution in [0, 0.1) is 11.3 Å². The Hall–Kier alpha value is -3.36. The second kappa shape index (κ2) is 19.7. The Morgan fingerprint density at radius 1 is 1.12 bits per heavy atom. The number of nitrogens with one attached hydrogen (secondary N) is 1. The van der Waals surface area contributed by atoms with Gasteiger partial charge in [-0.25, -0.2) is 0 Å². The molecule has 1 heterocycles. The molecule has 2 rings (SSSR count). The minimum Gasteiger partial charge on any atom is -0.383 e. The monoisotopic (exact) mass is 543 g/mol. The van der Waals surface area contributed by atoms with Gasteiger partial charge in [-0.05, 0) is 75.8 Å². The van der Waals surface area contributed by atoms with Crippen molar-refractivity contribution in [1.29, 1.82) is 5.26 Å². The van der Waals surface area contributed by atoms with Crippen LogP contribution in [0.15, 0.2) is 87.9 Å². The third kappa shape index (κ3) is 12.2. The van der Waals surface area contributed by atoms with Crippen molar-refractivity contribution < 1.29 is 0 Å². The Morgan fingerprint density at radius 3 is 2.38 bits per heavy atom. The van der Waals surface area contributed by atoms with Gasteiger partial charge < -0.3 is 15.1 Å². The lowest BCUT2D eigenvalue weighted by Crippen LogP contribution is -2.43. The van der Waals surface area contributed by atoms with Gasteiger partial charge in [0.15, 0.2) is 0 Å². The average Bonchev–Trinajstić information content (AvgIpc) is 2.96. The number of aliphatic imine (C=N–C) groups is 1. The second-order valence-electron chi connectivity index (χ2n) is 10.4. The fourth-order valence-corrected chi connectivity index (χ4v) is 4.52. The smallest absolute Gasteiger partial charge is 0.0991 e. The summed E-state index contributed by atoms with van der Waals surface area (Å²) in [6.45, 7) is 19.3. The van der Waals surface area contributed by atoms with Crippen LogP contribution in [0.4, 0.5) is 0 Å². The zero-order valence-corrected chi connectivity index (χ0v) is 26.6. The topological polar surface area (TPSA) is 54.7 Å². The van der Waals surface area contributed by atoms with E-state index >= 15 is 0 Å². The zero-order chi connectivity index (χ0) is 29.9. The number of allylic oxidation sites excluding steroid dienone is 8. The van der Waals surface area contributed by atoms with Gasteiger partial charge in [-0.3, -0.25) is 4.99 Å². The number of hydrogen-bond acceptors (Lipinski definition) is 5. The molecule has 0 atom stereocenters. The highest BCUT2D eigenvalue weighted by molar-refractivity contribution is 6.04. The SMILES string of the molecule is C/C=C(C(/C=C(C)CC)=C/N(C)C)\C(C(\C)=N\C=C\CC)=C(\C)N1CCNCC1.CCCc1cccc(C#N)c1. The van der Waals surface area contributed by atoms with E-state index in [2.05, 4.69) is 114 Å². The minimum atomic E-state index is 0.760. The van der Waals surface area contributed by atoms with E-state index in [1.807, 2.05) is 24.4 Å². The van der Waals surface area contributed by atoms with Crippen molar-refractivity contribution in [2.75, 3.05) is 40.3 Å². The Balaban J connectivity index is 0.000000603. The van der Waals surface area contributed by atoms with Gasteiger partial charge in [0.2, 0.25) is 0 Å². The molecular weight excluding hydrogens is 490 g/mol. The van der Waals surface area contributed by atoms with Gasteiger partial charge in [-0.15, -0.1) is 0 Å². The summed E-state index contributed by atoms with van der Waals surface area (Å²) in [5.74, 6) is 0. The summed E-state index contributed by atoms with van der Waals surface area (Å²) in [6.07, 6.45) is 15.1. The predicted octanol–water partition coefficient (Wildman–Crippen LogP) is 7.81. The first-order valence-corrected chi connectivity index (χ1v) is 14.8. The van der Waals surface area contributed by atoms with Gasteiger partial charge in [0.25, 0.3) is 0 Å². The van der Waals surface area contributed by atoms with Crippen LogP contribution in [0.2, 0.25) is 0 Å². The Kier molecular flexibility index (Phi) is 17.0. The van der Waals surface area contributed by atoms with Crippen molar-refractivity contribution >= 4 is 5.71 Å². The lowest BCUT2D eigenvalue weighted by Gasteiger charge is -2.32. The highest BCUT2D eigenvalue weighted by Crippen LogP contribution is 2.28. The fourth-order valence-electron chi connectivity index (χ4n) is 4.52. The lowest BCUT2D eigenvalue weighted by atomic mass is 9.91. The minimum absolute atomic E-state index is 0.760. The first-order chi connectivity index (χ1) is 19.2. The highest BCUT2D eigenvalue weighted by atomic mass is 15.2. The summed E-state index contributed by atoms with van der Waals surface area (Å²) in [5, 5.41) is 12.0. The summed E-state index contributed by atoms with van der Waals surface area (Å²) < 4.78 is 0. The van der Waals surface area contributed by atoms with Crippen LogP contribution in [0.3, 0.4) is 0 Å². The van der Waals surface area contributed by atoms with Crippen LogP contribution in [-0.2, 0) is 6.42 Å². The van der Waals surface area contributed by atoms with E-state index < -0.39 is 0 Å². The van der Waals surface area contributed by atoms with E-state index in [1.54, 1.807) is 0 Å². The summed E-state index contributed by atoms with van der Waals surface area (Å²) in [5.41, 5.74) is 9.47. The number of aryl methyl sites for hydroxylation is 1. The maximum absolute atomic E-state index is 8.58. The van der Waals surface area contributed by atoms with E-state index in [0.717, 1.165) is 63.1 Å². The van der Waals surface area contributed by atoms with Gasteiger partial charge >= 0.3 is 0 Å². The second-order valence-corrected chi connectivity index (χ2v) is 10.4. The van der Waals surface area contributed by atoms with Gasteiger partial charge in [-0.1, -0.05) is 63.1 Å². The number of piperazine rings is 1. The molecule has 1 aromatic carbocycles. The van der Waals surface area contributed by atoms with E-state index in [0.29, 0.717) is 0 Å².